The van der Waals surface area contributed by atoms with Crippen LogP contribution < -0.4 is 5.32 Å². The predicted molar refractivity (Wildman–Crippen MR) is 109 cm³/mol. The molecule has 8 heteroatoms. The summed E-state index contributed by atoms with van der Waals surface area (Å²) in [6.07, 6.45) is 13.6. The molecule has 0 fully saturated rings. The second-order valence-corrected chi connectivity index (χ2v) is 8.74. The number of rotatable bonds is 15. The quantitative estimate of drug-likeness (QED) is 0.148. The van der Waals surface area contributed by atoms with Crippen LogP contribution in [-0.4, -0.2) is 64.7 Å². The zero-order valence-electron chi connectivity index (χ0n) is 17.7. The van der Waals surface area contributed by atoms with Crippen molar-refractivity contribution in [2.75, 3.05) is 41.3 Å². The van der Waals surface area contributed by atoms with E-state index in [1.807, 2.05) is 6.08 Å². The normalized spacial score (nSPS) is 11.4. The smallest absolute Gasteiger partial charge is 0.219 e. The van der Waals surface area contributed by atoms with E-state index in [-0.39, 0.29) is 5.91 Å². The maximum atomic E-state index is 11.6. The van der Waals surface area contributed by atoms with Gasteiger partial charge in [-0.1, -0.05) is 38.2 Å². The number of hydrogen-bond acceptors (Lipinski definition) is 5. The molecular weight excluding hydrogens is 368 g/mol. The third-order valence-corrected chi connectivity index (χ3v) is 4.25. The van der Waals surface area contributed by atoms with Gasteiger partial charge in [-0.15, -0.1) is 6.58 Å². The number of nitrogens with zero attached hydrogens (tertiary/aromatic N) is 1. The average molecular weight is 409 g/mol. The fourth-order valence-corrected chi connectivity index (χ4v) is 2.33. The van der Waals surface area contributed by atoms with E-state index in [2.05, 4.69) is 37.2 Å². The summed E-state index contributed by atoms with van der Waals surface area (Å²) >= 11 is 0. The van der Waals surface area contributed by atoms with E-state index in [1.165, 1.54) is 38.5 Å². The molecule has 0 heterocycles. The first-order valence-corrected chi connectivity index (χ1v) is 11.0. The third kappa shape index (κ3) is 30.0. The molecule has 0 bridgehead atoms. The van der Waals surface area contributed by atoms with Gasteiger partial charge in [-0.05, 0) is 19.3 Å². The summed E-state index contributed by atoms with van der Waals surface area (Å²) < 4.78 is 32.0. The van der Waals surface area contributed by atoms with Gasteiger partial charge in [-0.25, -0.2) is 8.42 Å². The number of amides is 1. The maximum Gasteiger partial charge on any atom is 0.219 e. The minimum absolute atomic E-state index is 0.224. The molecule has 0 saturated carbocycles. The van der Waals surface area contributed by atoms with Crippen molar-refractivity contribution < 1.29 is 26.4 Å². The van der Waals surface area contributed by atoms with Gasteiger partial charge in [0.1, 0.15) is 0 Å². The fourth-order valence-electron chi connectivity index (χ4n) is 2.33. The van der Waals surface area contributed by atoms with Gasteiger partial charge < -0.3 is 14.4 Å². The van der Waals surface area contributed by atoms with Crippen LogP contribution in [0.4, 0.5) is 0 Å². The van der Waals surface area contributed by atoms with Crippen LogP contribution in [0.3, 0.4) is 0 Å². The average Bonchev–Trinajstić information content (AvgIpc) is 2.56. The fraction of sp³-hybridized carbons (Fsp3) is 0.842. The lowest BCUT2D eigenvalue weighted by Crippen LogP contribution is -2.37. The summed E-state index contributed by atoms with van der Waals surface area (Å²) in [6, 6.07) is 0. The predicted octanol–water partition coefficient (Wildman–Crippen LogP) is 2.99. The van der Waals surface area contributed by atoms with Gasteiger partial charge in [0.15, 0.2) is 0 Å². The van der Waals surface area contributed by atoms with Gasteiger partial charge in [0.25, 0.3) is 0 Å². The highest BCUT2D eigenvalue weighted by Gasteiger charge is 2.06. The van der Waals surface area contributed by atoms with Gasteiger partial charge in [0, 0.05) is 19.4 Å². The molecule has 0 aliphatic heterocycles. The maximum absolute atomic E-state index is 11.6. The van der Waals surface area contributed by atoms with Crippen molar-refractivity contribution in [3.8, 4) is 0 Å². The summed E-state index contributed by atoms with van der Waals surface area (Å²) in [5.41, 5.74) is 0. The van der Waals surface area contributed by atoms with Crippen molar-refractivity contribution in [3.05, 3.63) is 12.7 Å². The Morgan fingerprint density at radius 2 is 1.52 bits per heavy atom. The van der Waals surface area contributed by atoms with Crippen LogP contribution in [0.25, 0.3) is 0 Å². The topological polar surface area (TPSA) is 95.5 Å². The number of unbranched alkanes of at least 4 members (excludes halogenated alkanes) is 7. The second kappa shape index (κ2) is 17.2. The minimum Gasteiger partial charge on any atom is -0.726 e. The van der Waals surface area contributed by atoms with Gasteiger partial charge >= 0.3 is 0 Å². The van der Waals surface area contributed by atoms with Crippen LogP contribution in [0.1, 0.15) is 64.2 Å². The number of carbonyl (C=O) groups excluding carboxylic acids is 1. The van der Waals surface area contributed by atoms with Crippen molar-refractivity contribution >= 4 is 16.3 Å². The number of hydrogen-bond donors (Lipinski definition) is 1. The molecule has 0 aromatic rings. The summed E-state index contributed by atoms with van der Waals surface area (Å²) in [7, 11) is 2.94. The first kappa shape index (κ1) is 28.3. The van der Waals surface area contributed by atoms with E-state index in [1.54, 1.807) is 0 Å². The molecule has 0 radical (unpaired) electrons. The highest BCUT2D eigenvalue weighted by atomic mass is 32.3. The van der Waals surface area contributed by atoms with E-state index in [0.29, 0.717) is 6.42 Å². The van der Waals surface area contributed by atoms with Gasteiger partial charge in [0.05, 0.1) is 34.8 Å². The zero-order chi connectivity index (χ0) is 21.2. The van der Waals surface area contributed by atoms with E-state index in [9.17, 15) is 17.8 Å². The van der Waals surface area contributed by atoms with Crippen molar-refractivity contribution in [3.63, 3.8) is 0 Å². The standard InChI is InChI=1S/C18H36N2O.CH4O4S/c1-5-6-7-8-9-10-11-12-13-15-18(21)19-16-14-17-20(2,3)4;1-5-6(2,3)4/h5H,1,6-17H2,2-4H3;1H3,(H,2,3,4). The van der Waals surface area contributed by atoms with Crippen LogP contribution >= 0.6 is 0 Å². The lowest BCUT2D eigenvalue weighted by Gasteiger charge is -2.23. The number of allylic oxidation sites excluding steroid dienone is 1. The SMILES string of the molecule is C=CCCCCCCCCCC(=O)NCCC[N+](C)(C)C.COS(=O)(=O)[O-]. The molecule has 0 aromatic heterocycles. The molecule has 0 aliphatic carbocycles. The largest absolute Gasteiger partial charge is 0.726 e. The minimum atomic E-state index is -4.41. The summed E-state index contributed by atoms with van der Waals surface area (Å²) in [4.78, 5) is 11.6. The van der Waals surface area contributed by atoms with Crippen LogP contribution in [0.5, 0.6) is 0 Å². The van der Waals surface area contributed by atoms with Crippen LogP contribution in [0.2, 0.25) is 0 Å². The van der Waals surface area contributed by atoms with E-state index in [4.69, 9.17) is 0 Å². The Labute approximate surface area is 166 Å². The highest BCUT2D eigenvalue weighted by Crippen LogP contribution is 2.09. The number of quaternary nitrogens is 1. The molecule has 162 valence electrons. The molecular formula is C19H40N2O5S. The first-order valence-electron chi connectivity index (χ1n) is 9.71. The van der Waals surface area contributed by atoms with E-state index < -0.39 is 10.4 Å². The van der Waals surface area contributed by atoms with Gasteiger partial charge in [-0.2, -0.15) is 0 Å². The lowest BCUT2D eigenvalue weighted by molar-refractivity contribution is -0.870. The molecule has 0 aromatic carbocycles. The van der Waals surface area contributed by atoms with E-state index in [0.717, 1.165) is 43.9 Å². The molecule has 1 N–H and O–H groups in total. The van der Waals surface area contributed by atoms with Crippen LogP contribution in [0, 0.1) is 0 Å². The Bertz CT molecular complexity index is 473. The molecule has 7 nitrogen and oxygen atoms in total. The molecule has 0 saturated heterocycles. The second-order valence-electron chi connectivity index (χ2n) is 7.59. The lowest BCUT2D eigenvalue weighted by atomic mass is 10.1. The summed E-state index contributed by atoms with van der Waals surface area (Å²) in [5, 5.41) is 3.02. The molecule has 0 atom stereocenters. The number of carbonyl (C=O) groups is 1. The van der Waals surface area contributed by atoms with Crippen molar-refractivity contribution in [2.24, 2.45) is 0 Å². The van der Waals surface area contributed by atoms with Gasteiger partial charge in [-0.3, -0.25) is 8.98 Å². The summed E-state index contributed by atoms with van der Waals surface area (Å²) in [5.74, 6) is 0.224. The Balaban J connectivity index is 0. The molecule has 27 heavy (non-hydrogen) atoms. The first-order chi connectivity index (χ1) is 12.5. The Morgan fingerprint density at radius 1 is 1.04 bits per heavy atom. The third-order valence-electron chi connectivity index (χ3n) is 3.84. The van der Waals surface area contributed by atoms with Crippen molar-refractivity contribution in [1.82, 2.24) is 5.32 Å². The van der Waals surface area contributed by atoms with E-state index >= 15 is 0 Å². The van der Waals surface area contributed by atoms with Crippen molar-refractivity contribution in [2.45, 2.75) is 64.2 Å². The van der Waals surface area contributed by atoms with Gasteiger partial charge in [0.2, 0.25) is 16.3 Å². The molecule has 0 rings (SSSR count). The van der Waals surface area contributed by atoms with Crippen LogP contribution in [-0.2, 0) is 19.4 Å². The van der Waals surface area contributed by atoms with Crippen molar-refractivity contribution in [1.29, 1.82) is 0 Å². The highest BCUT2D eigenvalue weighted by molar-refractivity contribution is 7.80. The van der Waals surface area contributed by atoms with Crippen LogP contribution in [0.15, 0.2) is 12.7 Å². The summed E-state index contributed by atoms with van der Waals surface area (Å²) in [6.45, 7) is 5.66. The molecule has 0 aliphatic rings. The Kier molecular flexibility index (Phi) is 18.0. The molecule has 0 unspecified atom stereocenters. The molecule has 1 amide bonds. The number of nitrogens with one attached hydrogen (secondary N) is 1. The zero-order valence-corrected chi connectivity index (χ0v) is 18.5. The molecule has 0 spiro atoms. The Morgan fingerprint density at radius 3 is 1.96 bits per heavy atom. The Hall–Kier alpha value is -0.960. The monoisotopic (exact) mass is 408 g/mol.